The molecule has 1 amide bonds. The van der Waals surface area contributed by atoms with E-state index < -0.39 is 0 Å². The molecule has 4 rings (SSSR count). The van der Waals surface area contributed by atoms with E-state index in [0.717, 1.165) is 42.0 Å². The molecule has 0 atom stereocenters. The number of carbonyl (C=O) groups is 1. The van der Waals surface area contributed by atoms with Crippen LogP contribution < -0.4 is 4.74 Å². The molecule has 1 saturated heterocycles. The molecular weight excluding hydrogens is 332 g/mol. The second-order valence-corrected chi connectivity index (χ2v) is 6.35. The van der Waals surface area contributed by atoms with Gasteiger partial charge >= 0.3 is 0 Å². The molecule has 2 heterocycles. The van der Waals surface area contributed by atoms with E-state index in [-0.39, 0.29) is 5.91 Å². The molecule has 1 aromatic heterocycles. The summed E-state index contributed by atoms with van der Waals surface area (Å²) >= 11 is 0. The standard InChI is InChI=1S/C19H20N4O3/c1-25-16-7-5-14(6-8-16)19(24)23-11-9-22(10-12-23)13-15-3-2-4-17-18(15)21-26-20-17/h2-8H,9-13H2,1H3. The molecule has 1 aliphatic rings. The highest BCUT2D eigenvalue weighted by Gasteiger charge is 2.23. The van der Waals surface area contributed by atoms with Gasteiger partial charge in [0.2, 0.25) is 0 Å². The zero-order valence-corrected chi connectivity index (χ0v) is 14.6. The summed E-state index contributed by atoms with van der Waals surface area (Å²) in [4.78, 5) is 16.9. The van der Waals surface area contributed by atoms with Gasteiger partial charge in [0.05, 0.1) is 7.11 Å². The van der Waals surface area contributed by atoms with Crippen LogP contribution in [0.5, 0.6) is 5.75 Å². The van der Waals surface area contributed by atoms with Crippen molar-refractivity contribution >= 4 is 16.9 Å². The first-order chi connectivity index (χ1) is 12.7. The van der Waals surface area contributed by atoms with Gasteiger partial charge in [-0.05, 0) is 46.2 Å². The normalized spacial score (nSPS) is 15.3. The molecule has 0 bridgehead atoms. The zero-order chi connectivity index (χ0) is 17.9. The minimum Gasteiger partial charge on any atom is -0.497 e. The highest BCUT2D eigenvalue weighted by atomic mass is 16.6. The summed E-state index contributed by atoms with van der Waals surface area (Å²) in [5, 5.41) is 7.88. The van der Waals surface area contributed by atoms with Crippen LogP contribution in [0.4, 0.5) is 0 Å². The maximum Gasteiger partial charge on any atom is 0.253 e. The molecule has 0 saturated carbocycles. The predicted octanol–water partition coefficient (Wildman–Crippen LogP) is 2.19. The van der Waals surface area contributed by atoms with Crippen molar-refractivity contribution in [2.75, 3.05) is 33.3 Å². The fourth-order valence-corrected chi connectivity index (χ4v) is 3.26. The molecule has 1 aliphatic heterocycles. The maximum atomic E-state index is 12.6. The number of methoxy groups -OCH3 is 1. The third kappa shape index (κ3) is 3.25. The summed E-state index contributed by atoms with van der Waals surface area (Å²) in [6.45, 7) is 3.83. The van der Waals surface area contributed by atoms with E-state index in [2.05, 4.69) is 15.2 Å². The van der Waals surface area contributed by atoms with Crippen LogP contribution in [0.15, 0.2) is 47.1 Å². The summed E-state index contributed by atoms with van der Waals surface area (Å²) in [6.07, 6.45) is 0. The molecule has 1 fully saturated rings. The average Bonchev–Trinajstić information content (AvgIpc) is 3.18. The van der Waals surface area contributed by atoms with Crippen molar-refractivity contribution in [3.8, 4) is 5.75 Å². The van der Waals surface area contributed by atoms with E-state index in [1.165, 1.54) is 0 Å². The number of piperazine rings is 1. The number of benzene rings is 2. The van der Waals surface area contributed by atoms with Crippen LogP contribution in [-0.2, 0) is 6.54 Å². The number of nitrogens with zero attached hydrogens (tertiary/aromatic N) is 4. The molecule has 26 heavy (non-hydrogen) atoms. The Morgan fingerprint density at radius 3 is 2.58 bits per heavy atom. The van der Waals surface area contributed by atoms with Crippen molar-refractivity contribution in [2.24, 2.45) is 0 Å². The van der Waals surface area contributed by atoms with Crippen molar-refractivity contribution in [1.29, 1.82) is 0 Å². The molecule has 0 radical (unpaired) electrons. The van der Waals surface area contributed by atoms with Gasteiger partial charge in [-0.15, -0.1) is 0 Å². The fraction of sp³-hybridized carbons (Fsp3) is 0.316. The Balaban J connectivity index is 1.37. The first-order valence-corrected chi connectivity index (χ1v) is 8.60. The van der Waals surface area contributed by atoms with Crippen LogP contribution >= 0.6 is 0 Å². The third-order valence-corrected chi connectivity index (χ3v) is 4.76. The summed E-state index contributed by atoms with van der Waals surface area (Å²) in [5.74, 6) is 0.818. The molecular formula is C19H20N4O3. The van der Waals surface area contributed by atoms with Crippen molar-refractivity contribution in [2.45, 2.75) is 6.54 Å². The Kier molecular flexibility index (Phi) is 4.53. The predicted molar refractivity (Wildman–Crippen MR) is 96.0 cm³/mol. The van der Waals surface area contributed by atoms with E-state index in [9.17, 15) is 4.79 Å². The Morgan fingerprint density at radius 2 is 1.85 bits per heavy atom. The van der Waals surface area contributed by atoms with Gasteiger partial charge in [0.25, 0.3) is 5.91 Å². The third-order valence-electron chi connectivity index (χ3n) is 4.76. The summed E-state index contributed by atoms with van der Waals surface area (Å²) in [7, 11) is 1.62. The molecule has 7 nitrogen and oxygen atoms in total. The molecule has 2 aromatic carbocycles. The first kappa shape index (κ1) is 16.5. The minimum atomic E-state index is 0.0649. The summed E-state index contributed by atoms with van der Waals surface area (Å²) < 4.78 is 9.97. The average molecular weight is 352 g/mol. The Bertz CT molecular complexity index is 899. The second-order valence-electron chi connectivity index (χ2n) is 6.35. The van der Waals surface area contributed by atoms with Gasteiger partial charge in [0.1, 0.15) is 16.8 Å². The number of ether oxygens (including phenoxy) is 1. The van der Waals surface area contributed by atoms with Gasteiger partial charge in [0, 0.05) is 38.3 Å². The molecule has 0 spiro atoms. The molecule has 134 valence electrons. The molecule has 0 aliphatic carbocycles. The highest BCUT2D eigenvalue weighted by molar-refractivity contribution is 5.94. The number of fused-ring (bicyclic) bond motifs is 1. The topological polar surface area (TPSA) is 71.7 Å². The number of rotatable bonds is 4. The van der Waals surface area contributed by atoms with E-state index in [0.29, 0.717) is 18.7 Å². The Morgan fingerprint density at radius 1 is 1.08 bits per heavy atom. The molecule has 0 unspecified atom stereocenters. The van der Waals surface area contributed by atoms with Crippen LogP contribution in [0, 0.1) is 0 Å². The van der Waals surface area contributed by atoms with Crippen LogP contribution in [0.1, 0.15) is 15.9 Å². The second kappa shape index (κ2) is 7.13. The Labute approximate surface area is 151 Å². The lowest BCUT2D eigenvalue weighted by Crippen LogP contribution is -2.48. The quantitative estimate of drug-likeness (QED) is 0.717. The highest BCUT2D eigenvalue weighted by Crippen LogP contribution is 2.18. The number of carbonyl (C=O) groups excluding carboxylic acids is 1. The van der Waals surface area contributed by atoms with Gasteiger partial charge in [-0.25, -0.2) is 4.63 Å². The lowest BCUT2D eigenvalue weighted by molar-refractivity contribution is 0.0629. The number of hydrogen-bond donors (Lipinski definition) is 0. The van der Waals surface area contributed by atoms with Crippen LogP contribution in [0.2, 0.25) is 0 Å². The molecule has 3 aromatic rings. The van der Waals surface area contributed by atoms with Gasteiger partial charge in [-0.1, -0.05) is 12.1 Å². The first-order valence-electron chi connectivity index (χ1n) is 8.60. The van der Waals surface area contributed by atoms with E-state index in [4.69, 9.17) is 9.37 Å². The van der Waals surface area contributed by atoms with Crippen LogP contribution in [-0.4, -0.2) is 59.3 Å². The van der Waals surface area contributed by atoms with Gasteiger partial charge in [-0.3, -0.25) is 9.69 Å². The molecule has 0 N–H and O–H groups in total. The maximum absolute atomic E-state index is 12.6. The summed E-state index contributed by atoms with van der Waals surface area (Å²) in [6, 6.07) is 13.2. The number of amides is 1. The monoisotopic (exact) mass is 352 g/mol. The largest absolute Gasteiger partial charge is 0.497 e. The zero-order valence-electron chi connectivity index (χ0n) is 14.6. The lowest BCUT2D eigenvalue weighted by Gasteiger charge is -2.34. The number of hydrogen-bond acceptors (Lipinski definition) is 6. The van der Waals surface area contributed by atoms with Gasteiger partial charge in [-0.2, -0.15) is 0 Å². The SMILES string of the molecule is COc1ccc(C(=O)N2CCN(Cc3cccc4nonc34)CC2)cc1. The van der Waals surface area contributed by atoms with E-state index in [1.807, 2.05) is 47.4 Å². The molecule has 7 heteroatoms. The van der Waals surface area contributed by atoms with Gasteiger partial charge < -0.3 is 9.64 Å². The fourth-order valence-electron chi connectivity index (χ4n) is 3.26. The number of aromatic nitrogens is 2. The minimum absolute atomic E-state index is 0.0649. The smallest absolute Gasteiger partial charge is 0.253 e. The van der Waals surface area contributed by atoms with E-state index >= 15 is 0 Å². The van der Waals surface area contributed by atoms with Crippen molar-refractivity contribution in [3.05, 3.63) is 53.6 Å². The summed E-state index contributed by atoms with van der Waals surface area (Å²) in [5.41, 5.74) is 3.37. The van der Waals surface area contributed by atoms with Crippen LogP contribution in [0.3, 0.4) is 0 Å². The van der Waals surface area contributed by atoms with Crippen molar-refractivity contribution < 1.29 is 14.2 Å². The van der Waals surface area contributed by atoms with Gasteiger partial charge in [0.15, 0.2) is 0 Å². The Hall–Kier alpha value is -2.93. The van der Waals surface area contributed by atoms with Crippen molar-refractivity contribution in [1.82, 2.24) is 20.1 Å². The van der Waals surface area contributed by atoms with E-state index in [1.54, 1.807) is 7.11 Å². The van der Waals surface area contributed by atoms with Crippen molar-refractivity contribution in [3.63, 3.8) is 0 Å². The lowest BCUT2D eigenvalue weighted by atomic mass is 10.1. The van der Waals surface area contributed by atoms with Crippen LogP contribution in [0.25, 0.3) is 11.0 Å².